The van der Waals surface area contributed by atoms with E-state index in [0.29, 0.717) is 11.4 Å². The van der Waals surface area contributed by atoms with Gasteiger partial charge in [-0.15, -0.1) is 11.3 Å². The Morgan fingerprint density at radius 3 is 2.42 bits per heavy atom. The predicted octanol–water partition coefficient (Wildman–Crippen LogP) is 4.46. The number of hydrogen-bond acceptors (Lipinski definition) is 4. The second-order valence-corrected chi connectivity index (χ2v) is 6.92. The van der Waals surface area contributed by atoms with Gasteiger partial charge in [-0.2, -0.15) is 0 Å². The number of para-hydroxylation sites is 2. The third kappa shape index (κ3) is 4.31. The summed E-state index contributed by atoms with van der Waals surface area (Å²) in [7, 11) is 1.59. The van der Waals surface area contributed by atoms with Gasteiger partial charge >= 0.3 is 0 Å². The summed E-state index contributed by atoms with van der Waals surface area (Å²) >= 11 is 1.68. The summed E-state index contributed by atoms with van der Waals surface area (Å²) in [6.45, 7) is 1.87. The van der Waals surface area contributed by atoms with Gasteiger partial charge in [0.2, 0.25) is 5.91 Å². The molecule has 0 fully saturated rings. The highest BCUT2D eigenvalue weighted by molar-refractivity contribution is 7.10. The van der Waals surface area contributed by atoms with Crippen molar-refractivity contribution >= 4 is 22.9 Å². The third-order valence-electron chi connectivity index (χ3n) is 4.14. The Morgan fingerprint density at radius 1 is 1.00 bits per heavy atom. The maximum absolute atomic E-state index is 12.7. The smallest absolute Gasteiger partial charge is 0.241 e. The molecule has 4 nitrogen and oxygen atoms in total. The molecule has 0 saturated carbocycles. The molecule has 1 heterocycles. The molecule has 134 valence electrons. The zero-order valence-electron chi connectivity index (χ0n) is 14.8. The van der Waals surface area contributed by atoms with Crippen LogP contribution in [0.4, 0.5) is 5.69 Å². The van der Waals surface area contributed by atoms with Crippen LogP contribution < -0.4 is 15.4 Å². The molecule has 1 amide bonds. The summed E-state index contributed by atoms with van der Waals surface area (Å²) in [5.74, 6) is 0.540. The number of amides is 1. The lowest BCUT2D eigenvalue weighted by Crippen LogP contribution is -2.40. The lowest BCUT2D eigenvalue weighted by Gasteiger charge is -2.23. The SMILES string of the molecule is COc1ccccc1NC(=O)[C@@H](C)N[C@@H](c1ccccc1)c1cccs1. The van der Waals surface area contributed by atoms with E-state index in [1.807, 2.05) is 60.8 Å². The van der Waals surface area contributed by atoms with Gasteiger partial charge in [-0.05, 0) is 36.1 Å². The van der Waals surface area contributed by atoms with E-state index in [-0.39, 0.29) is 18.0 Å². The van der Waals surface area contributed by atoms with Crippen LogP contribution in [-0.2, 0) is 4.79 Å². The number of anilines is 1. The molecule has 0 bridgehead atoms. The van der Waals surface area contributed by atoms with Crippen molar-refractivity contribution in [2.75, 3.05) is 12.4 Å². The van der Waals surface area contributed by atoms with Gasteiger partial charge in [-0.3, -0.25) is 10.1 Å². The number of nitrogens with one attached hydrogen (secondary N) is 2. The molecule has 3 rings (SSSR count). The van der Waals surface area contributed by atoms with Crippen molar-refractivity contribution in [2.24, 2.45) is 0 Å². The first-order valence-corrected chi connectivity index (χ1v) is 9.35. The minimum Gasteiger partial charge on any atom is -0.495 e. The van der Waals surface area contributed by atoms with Gasteiger partial charge in [0.1, 0.15) is 5.75 Å². The molecule has 0 unspecified atom stereocenters. The van der Waals surface area contributed by atoms with Crippen LogP contribution in [-0.4, -0.2) is 19.1 Å². The highest BCUT2D eigenvalue weighted by atomic mass is 32.1. The molecular weight excluding hydrogens is 344 g/mol. The van der Waals surface area contributed by atoms with Crippen LogP contribution >= 0.6 is 11.3 Å². The number of ether oxygens (including phenoxy) is 1. The number of carbonyl (C=O) groups excluding carboxylic acids is 1. The van der Waals surface area contributed by atoms with Crippen molar-refractivity contribution in [1.29, 1.82) is 0 Å². The first-order valence-electron chi connectivity index (χ1n) is 8.47. The van der Waals surface area contributed by atoms with Crippen molar-refractivity contribution in [1.82, 2.24) is 5.32 Å². The highest BCUT2D eigenvalue weighted by Crippen LogP contribution is 2.27. The Kier molecular flexibility index (Phi) is 6.04. The molecule has 2 aromatic carbocycles. The number of carbonyl (C=O) groups is 1. The molecule has 1 aromatic heterocycles. The molecule has 26 heavy (non-hydrogen) atoms. The van der Waals surface area contributed by atoms with E-state index in [2.05, 4.69) is 28.8 Å². The normalized spacial score (nSPS) is 13.0. The van der Waals surface area contributed by atoms with E-state index in [9.17, 15) is 4.79 Å². The molecule has 3 aromatic rings. The van der Waals surface area contributed by atoms with Crippen LogP contribution in [0, 0.1) is 0 Å². The number of thiophene rings is 1. The topological polar surface area (TPSA) is 50.4 Å². The molecule has 2 atom stereocenters. The monoisotopic (exact) mass is 366 g/mol. The average molecular weight is 366 g/mol. The molecule has 2 N–H and O–H groups in total. The number of benzene rings is 2. The fourth-order valence-electron chi connectivity index (χ4n) is 2.76. The highest BCUT2D eigenvalue weighted by Gasteiger charge is 2.22. The van der Waals surface area contributed by atoms with Gasteiger partial charge in [-0.1, -0.05) is 48.5 Å². The maximum atomic E-state index is 12.7. The average Bonchev–Trinajstić information content (AvgIpc) is 3.21. The lowest BCUT2D eigenvalue weighted by molar-refractivity contribution is -0.117. The molecule has 5 heteroatoms. The summed E-state index contributed by atoms with van der Waals surface area (Å²) in [4.78, 5) is 13.9. The van der Waals surface area contributed by atoms with Crippen LogP contribution in [0.2, 0.25) is 0 Å². The van der Waals surface area contributed by atoms with Crippen LogP contribution in [0.5, 0.6) is 5.75 Å². The van der Waals surface area contributed by atoms with Crippen molar-refractivity contribution < 1.29 is 9.53 Å². The van der Waals surface area contributed by atoms with E-state index < -0.39 is 0 Å². The summed E-state index contributed by atoms with van der Waals surface area (Å²) < 4.78 is 5.30. The Balaban J connectivity index is 1.75. The molecule has 0 radical (unpaired) electrons. The number of rotatable bonds is 7. The lowest BCUT2D eigenvalue weighted by atomic mass is 10.0. The maximum Gasteiger partial charge on any atom is 0.241 e. The first kappa shape index (κ1) is 18.2. The van der Waals surface area contributed by atoms with Gasteiger partial charge in [0, 0.05) is 4.88 Å². The quantitative estimate of drug-likeness (QED) is 0.649. The largest absolute Gasteiger partial charge is 0.495 e. The molecular formula is C21H22N2O2S. The Labute approximate surface area is 157 Å². The van der Waals surface area contributed by atoms with Gasteiger partial charge in [0.25, 0.3) is 0 Å². The van der Waals surface area contributed by atoms with E-state index in [0.717, 1.165) is 5.56 Å². The fourth-order valence-corrected chi connectivity index (χ4v) is 3.57. The first-order chi connectivity index (χ1) is 12.7. The summed E-state index contributed by atoms with van der Waals surface area (Å²) in [5, 5.41) is 8.44. The Bertz CT molecular complexity index is 834. The zero-order valence-corrected chi connectivity index (χ0v) is 15.6. The van der Waals surface area contributed by atoms with Gasteiger partial charge in [0.15, 0.2) is 0 Å². The van der Waals surface area contributed by atoms with E-state index >= 15 is 0 Å². The second-order valence-electron chi connectivity index (χ2n) is 5.94. The van der Waals surface area contributed by atoms with Crippen molar-refractivity contribution in [3.05, 3.63) is 82.6 Å². The molecule has 0 aliphatic rings. The van der Waals surface area contributed by atoms with Gasteiger partial charge < -0.3 is 10.1 Å². The van der Waals surface area contributed by atoms with Gasteiger partial charge in [-0.25, -0.2) is 0 Å². The van der Waals surface area contributed by atoms with E-state index in [1.165, 1.54) is 4.88 Å². The zero-order chi connectivity index (χ0) is 18.4. The van der Waals surface area contributed by atoms with Crippen LogP contribution in [0.1, 0.15) is 23.4 Å². The summed E-state index contributed by atoms with van der Waals surface area (Å²) in [6.07, 6.45) is 0. The van der Waals surface area contributed by atoms with E-state index in [4.69, 9.17) is 4.74 Å². The van der Waals surface area contributed by atoms with Crippen molar-refractivity contribution in [3.8, 4) is 5.75 Å². The third-order valence-corrected chi connectivity index (χ3v) is 5.07. The fraction of sp³-hybridized carbons (Fsp3) is 0.190. The minimum atomic E-state index is -0.382. The van der Waals surface area contributed by atoms with Crippen molar-refractivity contribution in [2.45, 2.75) is 19.0 Å². The van der Waals surface area contributed by atoms with Gasteiger partial charge in [0.05, 0.1) is 24.9 Å². The molecule has 0 aliphatic carbocycles. The predicted molar refractivity (Wildman–Crippen MR) is 107 cm³/mol. The molecule has 0 spiro atoms. The minimum absolute atomic E-state index is 0.0328. The van der Waals surface area contributed by atoms with Crippen LogP contribution in [0.15, 0.2) is 72.1 Å². The molecule has 0 saturated heterocycles. The van der Waals surface area contributed by atoms with E-state index in [1.54, 1.807) is 18.4 Å². The Morgan fingerprint density at radius 2 is 1.73 bits per heavy atom. The second kappa shape index (κ2) is 8.65. The number of hydrogen-bond donors (Lipinski definition) is 2. The number of methoxy groups -OCH3 is 1. The standard InChI is InChI=1S/C21H22N2O2S/c1-15(21(24)23-17-11-6-7-12-18(17)25-2)22-20(19-13-8-14-26-19)16-9-4-3-5-10-16/h3-15,20,22H,1-2H3,(H,23,24)/t15-,20+/m1/s1. The summed E-state index contributed by atoms with van der Waals surface area (Å²) in [5.41, 5.74) is 1.80. The molecule has 0 aliphatic heterocycles. The van der Waals surface area contributed by atoms with Crippen molar-refractivity contribution in [3.63, 3.8) is 0 Å². The summed E-state index contributed by atoms with van der Waals surface area (Å²) in [6, 6.07) is 21.3. The van der Waals surface area contributed by atoms with Crippen LogP contribution in [0.25, 0.3) is 0 Å². The van der Waals surface area contributed by atoms with Crippen LogP contribution in [0.3, 0.4) is 0 Å². The Hall–Kier alpha value is -2.63.